The molecular weight excluding hydrogens is 203 g/mol. The molecule has 0 radical (unpaired) electrons. The van der Waals surface area contributed by atoms with Gasteiger partial charge in [0.1, 0.15) is 5.82 Å². The van der Waals surface area contributed by atoms with E-state index in [1.54, 1.807) is 6.07 Å². The van der Waals surface area contributed by atoms with Crippen LogP contribution < -0.4 is 10.2 Å². The van der Waals surface area contributed by atoms with Gasteiger partial charge in [0.25, 0.3) is 0 Å². The Hall–Kier alpha value is -1.09. The first-order valence-corrected chi connectivity index (χ1v) is 6.00. The topological polar surface area (TPSA) is 15.3 Å². The second-order valence-electron chi connectivity index (χ2n) is 4.33. The second kappa shape index (κ2) is 5.30. The van der Waals surface area contributed by atoms with Crippen LogP contribution in [0.2, 0.25) is 0 Å². The van der Waals surface area contributed by atoms with Crippen molar-refractivity contribution in [1.82, 2.24) is 5.32 Å². The maximum atomic E-state index is 13.5. The Bertz CT molecular complexity index is 344. The first-order valence-electron chi connectivity index (χ1n) is 6.00. The van der Waals surface area contributed by atoms with E-state index in [1.165, 1.54) is 6.07 Å². The van der Waals surface area contributed by atoms with Crippen molar-refractivity contribution in [1.29, 1.82) is 0 Å². The van der Waals surface area contributed by atoms with Crippen LogP contribution in [0.5, 0.6) is 0 Å². The number of nitrogens with zero attached hydrogens (tertiary/aromatic N) is 1. The molecule has 1 aromatic rings. The molecule has 1 aliphatic rings. The number of halogens is 1. The van der Waals surface area contributed by atoms with Gasteiger partial charge in [0.05, 0.1) is 0 Å². The molecule has 16 heavy (non-hydrogen) atoms. The van der Waals surface area contributed by atoms with Crippen molar-refractivity contribution in [3.63, 3.8) is 0 Å². The third-order valence-corrected chi connectivity index (χ3v) is 3.14. The van der Waals surface area contributed by atoms with E-state index in [0.29, 0.717) is 0 Å². The molecule has 3 heteroatoms. The van der Waals surface area contributed by atoms with Crippen LogP contribution in [0.15, 0.2) is 18.2 Å². The van der Waals surface area contributed by atoms with Crippen molar-refractivity contribution in [2.45, 2.75) is 19.8 Å². The van der Waals surface area contributed by atoms with Crippen molar-refractivity contribution >= 4 is 5.69 Å². The quantitative estimate of drug-likeness (QED) is 0.784. The van der Waals surface area contributed by atoms with Gasteiger partial charge in [-0.3, -0.25) is 0 Å². The zero-order valence-electron chi connectivity index (χ0n) is 9.80. The summed E-state index contributed by atoms with van der Waals surface area (Å²) >= 11 is 0. The zero-order valence-corrected chi connectivity index (χ0v) is 9.80. The van der Waals surface area contributed by atoms with Gasteiger partial charge in [-0.2, -0.15) is 0 Å². The van der Waals surface area contributed by atoms with Crippen LogP contribution in [0.3, 0.4) is 0 Å². The number of rotatable bonds is 1. The van der Waals surface area contributed by atoms with E-state index in [2.05, 4.69) is 10.2 Å². The maximum Gasteiger partial charge on any atom is 0.128 e. The third-order valence-electron chi connectivity index (χ3n) is 3.14. The molecule has 0 bridgehead atoms. The summed E-state index contributed by atoms with van der Waals surface area (Å²) in [4.78, 5) is 2.30. The lowest BCUT2D eigenvalue weighted by atomic mass is 10.1. The van der Waals surface area contributed by atoms with E-state index in [1.807, 2.05) is 13.0 Å². The minimum absolute atomic E-state index is 0.0994. The molecule has 88 valence electrons. The predicted octanol–water partition coefficient (Wildman–Crippen LogP) is 2.32. The highest BCUT2D eigenvalue weighted by molar-refractivity contribution is 5.53. The molecule has 1 aromatic carbocycles. The fourth-order valence-electron chi connectivity index (χ4n) is 2.21. The highest BCUT2D eigenvalue weighted by atomic mass is 19.1. The molecule has 1 fully saturated rings. The van der Waals surface area contributed by atoms with Gasteiger partial charge in [0.15, 0.2) is 0 Å². The maximum absolute atomic E-state index is 13.5. The van der Waals surface area contributed by atoms with Crippen molar-refractivity contribution in [3.05, 3.63) is 29.6 Å². The summed E-state index contributed by atoms with van der Waals surface area (Å²) in [6.45, 7) is 6.01. The van der Waals surface area contributed by atoms with Crippen LogP contribution >= 0.6 is 0 Å². The molecule has 1 saturated heterocycles. The molecule has 1 heterocycles. The fourth-order valence-corrected chi connectivity index (χ4v) is 2.21. The smallest absolute Gasteiger partial charge is 0.128 e. The van der Waals surface area contributed by atoms with Crippen LogP contribution in [0.1, 0.15) is 18.4 Å². The van der Waals surface area contributed by atoms with Crippen molar-refractivity contribution in [2.75, 3.05) is 31.1 Å². The van der Waals surface area contributed by atoms with Gasteiger partial charge in [-0.05, 0) is 45.0 Å². The SMILES string of the molecule is Cc1c(F)cccc1N1CCCNCCC1. The van der Waals surface area contributed by atoms with Crippen LogP contribution in [-0.4, -0.2) is 26.2 Å². The molecule has 0 spiro atoms. The second-order valence-corrected chi connectivity index (χ2v) is 4.33. The zero-order chi connectivity index (χ0) is 11.4. The first kappa shape index (κ1) is 11.4. The van der Waals surface area contributed by atoms with Crippen LogP contribution in [0, 0.1) is 12.7 Å². The Labute approximate surface area is 96.5 Å². The molecular formula is C13H19FN2. The van der Waals surface area contributed by atoms with Crippen molar-refractivity contribution in [3.8, 4) is 0 Å². The fraction of sp³-hybridized carbons (Fsp3) is 0.538. The lowest BCUT2D eigenvalue weighted by molar-refractivity contribution is 0.564. The van der Waals surface area contributed by atoms with Gasteiger partial charge in [-0.15, -0.1) is 0 Å². The standard InChI is InChI=1S/C13H19FN2/c1-11-12(14)5-2-6-13(11)16-9-3-7-15-8-4-10-16/h2,5-6,15H,3-4,7-10H2,1H3. The van der Waals surface area contributed by atoms with E-state index in [-0.39, 0.29) is 5.82 Å². The molecule has 2 nitrogen and oxygen atoms in total. The van der Waals surface area contributed by atoms with Gasteiger partial charge in [0.2, 0.25) is 0 Å². The summed E-state index contributed by atoms with van der Waals surface area (Å²) in [5.41, 5.74) is 1.83. The van der Waals surface area contributed by atoms with Crippen LogP contribution in [0.25, 0.3) is 0 Å². The summed E-state index contributed by atoms with van der Waals surface area (Å²) in [5, 5.41) is 3.38. The predicted molar refractivity (Wildman–Crippen MR) is 65.5 cm³/mol. The molecule has 1 aliphatic heterocycles. The van der Waals surface area contributed by atoms with E-state index >= 15 is 0 Å². The number of anilines is 1. The third kappa shape index (κ3) is 2.53. The Morgan fingerprint density at radius 3 is 2.56 bits per heavy atom. The Kier molecular flexibility index (Phi) is 3.78. The van der Waals surface area contributed by atoms with Crippen molar-refractivity contribution in [2.24, 2.45) is 0 Å². The van der Waals surface area contributed by atoms with Gasteiger partial charge in [-0.25, -0.2) is 4.39 Å². The summed E-state index contributed by atoms with van der Waals surface area (Å²) < 4.78 is 13.5. The summed E-state index contributed by atoms with van der Waals surface area (Å²) in [6, 6.07) is 5.35. The average Bonchev–Trinajstić information content (AvgIpc) is 2.23. The van der Waals surface area contributed by atoms with Gasteiger partial charge >= 0.3 is 0 Å². The van der Waals surface area contributed by atoms with Crippen LogP contribution in [-0.2, 0) is 0 Å². The summed E-state index contributed by atoms with van der Waals surface area (Å²) in [6.07, 6.45) is 2.24. The van der Waals surface area contributed by atoms with E-state index < -0.39 is 0 Å². The van der Waals surface area contributed by atoms with E-state index in [0.717, 1.165) is 50.3 Å². The van der Waals surface area contributed by atoms with E-state index in [9.17, 15) is 4.39 Å². The van der Waals surface area contributed by atoms with Gasteiger partial charge < -0.3 is 10.2 Å². The van der Waals surface area contributed by atoms with Crippen molar-refractivity contribution < 1.29 is 4.39 Å². The molecule has 0 atom stereocenters. The first-order chi connectivity index (χ1) is 7.79. The lowest BCUT2D eigenvalue weighted by Gasteiger charge is -2.28. The number of hydrogen-bond donors (Lipinski definition) is 1. The van der Waals surface area contributed by atoms with Gasteiger partial charge in [-0.1, -0.05) is 6.07 Å². The van der Waals surface area contributed by atoms with Crippen LogP contribution in [0.4, 0.5) is 10.1 Å². The monoisotopic (exact) mass is 222 g/mol. The average molecular weight is 222 g/mol. The number of nitrogens with one attached hydrogen (secondary N) is 1. The molecule has 0 aromatic heterocycles. The van der Waals surface area contributed by atoms with E-state index in [4.69, 9.17) is 0 Å². The lowest BCUT2D eigenvalue weighted by Crippen LogP contribution is -2.34. The minimum atomic E-state index is -0.0994. The Morgan fingerprint density at radius 1 is 1.19 bits per heavy atom. The molecule has 0 unspecified atom stereocenters. The molecule has 0 amide bonds. The minimum Gasteiger partial charge on any atom is -0.371 e. The van der Waals surface area contributed by atoms with Gasteiger partial charge in [0, 0.05) is 24.3 Å². The number of benzene rings is 1. The normalized spacial score (nSPS) is 18.0. The highest BCUT2D eigenvalue weighted by Crippen LogP contribution is 2.22. The molecule has 2 rings (SSSR count). The summed E-state index contributed by atoms with van der Waals surface area (Å²) in [5.74, 6) is -0.0994. The largest absolute Gasteiger partial charge is 0.371 e. The Morgan fingerprint density at radius 2 is 1.88 bits per heavy atom. The number of hydrogen-bond acceptors (Lipinski definition) is 2. The molecule has 1 N–H and O–H groups in total. The summed E-state index contributed by atoms with van der Waals surface area (Å²) in [7, 11) is 0. The molecule has 0 aliphatic carbocycles. The highest BCUT2D eigenvalue weighted by Gasteiger charge is 2.12. The molecule has 0 saturated carbocycles. The Balaban J connectivity index is 2.17.